The van der Waals surface area contributed by atoms with Crippen molar-refractivity contribution >= 4 is 6.21 Å². The maximum atomic E-state index is 12.3. The van der Waals surface area contributed by atoms with Crippen molar-refractivity contribution < 1.29 is 4.39 Å². The van der Waals surface area contributed by atoms with E-state index in [9.17, 15) is 4.39 Å². The minimum absolute atomic E-state index is 0.451. The molecule has 0 saturated carbocycles. The normalized spacial score (nSPS) is 12.8. The summed E-state index contributed by atoms with van der Waals surface area (Å²) in [6.45, 7) is 12.3. The highest BCUT2D eigenvalue weighted by Gasteiger charge is 1.86. The average Bonchev–Trinajstić information content (AvgIpc) is 2.26. The first-order valence-corrected chi connectivity index (χ1v) is 4.81. The van der Waals surface area contributed by atoms with Crippen molar-refractivity contribution in [3.8, 4) is 0 Å². The second kappa shape index (κ2) is 8.36. The van der Waals surface area contributed by atoms with E-state index in [1.807, 2.05) is 25.2 Å². The van der Waals surface area contributed by atoms with Gasteiger partial charge in [-0.2, -0.15) is 0 Å². The van der Waals surface area contributed by atoms with E-state index in [4.69, 9.17) is 0 Å². The Labute approximate surface area is 96.4 Å². The molecule has 0 unspecified atom stereocenters. The summed E-state index contributed by atoms with van der Waals surface area (Å²) >= 11 is 0. The number of hydrogen-bond donors (Lipinski definition) is 0. The van der Waals surface area contributed by atoms with Crippen molar-refractivity contribution in [1.82, 2.24) is 0 Å². The van der Waals surface area contributed by atoms with Gasteiger partial charge < -0.3 is 0 Å². The molecular weight excluding hydrogens is 201 g/mol. The fourth-order valence-electron chi connectivity index (χ4n) is 0.758. The Morgan fingerprint density at radius 3 is 2.44 bits per heavy atom. The van der Waals surface area contributed by atoms with E-state index in [0.717, 1.165) is 5.57 Å². The summed E-state index contributed by atoms with van der Waals surface area (Å²) in [7, 11) is 0. The Balaban J connectivity index is 4.52. The van der Waals surface area contributed by atoms with Crippen LogP contribution >= 0.6 is 0 Å². The number of hydrogen-bond acceptors (Lipinski definition) is 1. The van der Waals surface area contributed by atoms with Crippen molar-refractivity contribution in [3.05, 3.63) is 73.3 Å². The standard InChI is InChI=1S/C14H16FN/c1-5-7-8-14(6-2)11-16-13(4)10-9-12(3)15/h5-11H,2-4H2,1H3/b7-5-,10-9-,14-8+,16-11?. The van der Waals surface area contributed by atoms with Crippen LogP contribution in [0.3, 0.4) is 0 Å². The van der Waals surface area contributed by atoms with Crippen LogP contribution in [0.4, 0.5) is 4.39 Å². The van der Waals surface area contributed by atoms with Crippen LogP contribution in [0.25, 0.3) is 0 Å². The molecule has 1 nitrogen and oxygen atoms in total. The smallest absolute Gasteiger partial charge is 0.116 e. The van der Waals surface area contributed by atoms with Gasteiger partial charge in [-0.15, -0.1) is 0 Å². The molecule has 0 aliphatic carbocycles. The van der Waals surface area contributed by atoms with Gasteiger partial charge in [0.15, 0.2) is 0 Å². The Morgan fingerprint density at radius 1 is 1.25 bits per heavy atom. The van der Waals surface area contributed by atoms with Gasteiger partial charge in [-0.3, -0.25) is 4.99 Å². The topological polar surface area (TPSA) is 12.4 Å². The predicted molar refractivity (Wildman–Crippen MR) is 70.1 cm³/mol. The second-order valence-electron chi connectivity index (χ2n) is 2.93. The zero-order valence-electron chi connectivity index (χ0n) is 9.49. The first-order valence-electron chi connectivity index (χ1n) is 4.81. The van der Waals surface area contributed by atoms with E-state index >= 15 is 0 Å². The summed E-state index contributed by atoms with van der Waals surface area (Å²) in [5, 5.41) is 0. The summed E-state index contributed by atoms with van der Waals surface area (Å²) in [6, 6.07) is 0. The molecule has 0 amide bonds. The third-order valence-corrected chi connectivity index (χ3v) is 1.55. The van der Waals surface area contributed by atoms with Gasteiger partial charge in [0.25, 0.3) is 0 Å². The zero-order valence-corrected chi connectivity index (χ0v) is 9.49. The summed E-state index contributed by atoms with van der Waals surface area (Å²) < 4.78 is 12.3. The zero-order chi connectivity index (χ0) is 12.4. The van der Waals surface area contributed by atoms with Gasteiger partial charge >= 0.3 is 0 Å². The molecule has 0 rings (SSSR count). The molecule has 0 bridgehead atoms. The van der Waals surface area contributed by atoms with Crippen LogP contribution in [0, 0.1) is 0 Å². The Morgan fingerprint density at radius 2 is 1.94 bits per heavy atom. The van der Waals surface area contributed by atoms with E-state index < -0.39 is 5.83 Å². The second-order valence-corrected chi connectivity index (χ2v) is 2.93. The maximum Gasteiger partial charge on any atom is 0.116 e. The van der Waals surface area contributed by atoms with Gasteiger partial charge in [0, 0.05) is 6.21 Å². The lowest BCUT2D eigenvalue weighted by atomic mass is 10.2. The van der Waals surface area contributed by atoms with Gasteiger partial charge in [-0.1, -0.05) is 44.0 Å². The molecule has 0 spiro atoms. The molecule has 16 heavy (non-hydrogen) atoms. The SMILES string of the molecule is C=C/C(C=NC(=C)/C=C\C(=C)F)=C\C=C/C. The van der Waals surface area contributed by atoms with Gasteiger partial charge in [-0.25, -0.2) is 4.39 Å². The van der Waals surface area contributed by atoms with Crippen LogP contribution < -0.4 is 0 Å². The molecule has 0 N–H and O–H groups in total. The Kier molecular flexibility index (Phi) is 7.33. The summed E-state index contributed by atoms with van der Waals surface area (Å²) in [5.41, 5.74) is 1.30. The molecule has 0 aromatic rings. The van der Waals surface area contributed by atoms with Crippen LogP contribution in [-0.4, -0.2) is 6.21 Å². The van der Waals surface area contributed by atoms with Gasteiger partial charge in [0.2, 0.25) is 0 Å². The molecule has 84 valence electrons. The molecule has 0 saturated heterocycles. The van der Waals surface area contributed by atoms with Crippen LogP contribution in [0.15, 0.2) is 78.3 Å². The molecule has 0 radical (unpaired) electrons. The lowest BCUT2D eigenvalue weighted by molar-refractivity contribution is 0.671. The fourth-order valence-corrected chi connectivity index (χ4v) is 0.758. The van der Waals surface area contributed by atoms with Crippen molar-refractivity contribution in [1.29, 1.82) is 0 Å². The van der Waals surface area contributed by atoms with E-state index in [0.29, 0.717) is 5.70 Å². The average molecular weight is 217 g/mol. The molecular formula is C14H16FN. The summed E-state index contributed by atoms with van der Waals surface area (Å²) in [6.07, 6.45) is 11.6. The van der Waals surface area contributed by atoms with Crippen LogP contribution in [0.1, 0.15) is 6.92 Å². The van der Waals surface area contributed by atoms with Crippen molar-refractivity contribution in [2.24, 2.45) is 4.99 Å². The van der Waals surface area contributed by atoms with Crippen LogP contribution in [0.2, 0.25) is 0 Å². The minimum Gasteiger partial charge on any atom is -0.257 e. The summed E-state index contributed by atoms with van der Waals surface area (Å²) in [4.78, 5) is 4.03. The number of rotatable bonds is 6. The van der Waals surface area contributed by atoms with E-state index in [1.54, 1.807) is 12.3 Å². The van der Waals surface area contributed by atoms with Gasteiger partial charge in [-0.05, 0) is 24.6 Å². The third-order valence-electron chi connectivity index (χ3n) is 1.55. The molecule has 0 heterocycles. The molecule has 0 aromatic carbocycles. The van der Waals surface area contributed by atoms with E-state index in [1.165, 1.54) is 12.2 Å². The first kappa shape index (κ1) is 14.0. The molecule has 0 atom stereocenters. The Hall–Kier alpha value is -1.96. The largest absolute Gasteiger partial charge is 0.257 e. The number of nitrogens with zero attached hydrogens (tertiary/aromatic N) is 1. The molecule has 0 aromatic heterocycles. The monoisotopic (exact) mass is 217 g/mol. The third kappa shape index (κ3) is 7.44. The first-order chi connectivity index (χ1) is 7.60. The number of halogens is 1. The lowest BCUT2D eigenvalue weighted by Gasteiger charge is -1.91. The van der Waals surface area contributed by atoms with E-state index in [-0.39, 0.29) is 0 Å². The van der Waals surface area contributed by atoms with Crippen LogP contribution in [0.5, 0.6) is 0 Å². The number of aliphatic imine (C=N–C) groups is 1. The van der Waals surface area contributed by atoms with E-state index in [2.05, 4.69) is 24.7 Å². The molecule has 0 fully saturated rings. The Bertz CT molecular complexity index is 382. The quantitative estimate of drug-likeness (QED) is 0.464. The molecule has 0 aliphatic heterocycles. The van der Waals surface area contributed by atoms with Crippen molar-refractivity contribution in [3.63, 3.8) is 0 Å². The highest BCUT2D eigenvalue weighted by Crippen LogP contribution is 2.01. The predicted octanol–water partition coefficient (Wildman–Crippen LogP) is 4.30. The lowest BCUT2D eigenvalue weighted by Crippen LogP contribution is -1.79. The highest BCUT2D eigenvalue weighted by atomic mass is 19.1. The minimum atomic E-state index is -0.523. The number of allylic oxidation sites excluding steroid dienone is 8. The summed E-state index contributed by atoms with van der Waals surface area (Å²) in [5.74, 6) is -0.523. The van der Waals surface area contributed by atoms with Gasteiger partial charge in [0.05, 0.1) is 5.70 Å². The van der Waals surface area contributed by atoms with Crippen LogP contribution in [-0.2, 0) is 0 Å². The van der Waals surface area contributed by atoms with Crippen molar-refractivity contribution in [2.75, 3.05) is 0 Å². The fraction of sp³-hybridized carbons (Fsp3) is 0.0714. The molecule has 0 aliphatic rings. The maximum absolute atomic E-state index is 12.3. The highest BCUT2D eigenvalue weighted by molar-refractivity contribution is 5.83. The van der Waals surface area contributed by atoms with Crippen molar-refractivity contribution in [2.45, 2.75) is 6.92 Å². The molecule has 2 heteroatoms. The van der Waals surface area contributed by atoms with Gasteiger partial charge in [0.1, 0.15) is 5.83 Å².